The van der Waals surface area contributed by atoms with E-state index in [2.05, 4.69) is 15.2 Å². The van der Waals surface area contributed by atoms with Gasteiger partial charge in [0.2, 0.25) is 11.8 Å². The molecule has 0 N–H and O–H groups in total. The molecule has 0 atom stereocenters. The summed E-state index contributed by atoms with van der Waals surface area (Å²) in [6, 6.07) is 3.63. The lowest BCUT2D eigenvalue weighted by molar-refractivity contribution is 0.513. The molecular weight excluding hydrogens is 202 g/mol. The molecular formula is C9H8ClN3O. The second kappa shape index (κ2) is 4.19. The van der Waals surface area contributed by atoms with Crippen molar-refractivity contribution in [2.45, 2.75) is 6.42 Å². The summed E-state index contributed by atoms with van der Waals surface area (Å²) in [5.41, 5.74) is 0.869. The SMILES string of the molecule is ClCCc1nnc(-c2ccncc2)o1. The number of halogens is 1. The monoisotopic (exact) mass is 209 g/mol. The average Bonchev–Trinajstić information content (AvgIpc) is 2.68. The van der Waals surface area contributed by atoms with Crippen LogP contribution in [0.5, 0.6) is 0 Å². The summed E-state index contributed by atoms with van der Waals surface area (Å²) in [4.78, 5) is 3.90. The minimum absolute atomic E-state index is 0.484. The largest absolute Gasteiger partial charge is 0.421 e. The maximum absolute atomic E-state index is 5.55. The van der Waals surface area contributed by atoms with Crippen LogP contribution in [0.25, 0.3) is 11.5 Å². The quantitative estimate of drug-likeness (QED) is 0.725. The van der Waals surface area contributed by atoms with Gasteiger partial charge in [-0.25, -0.2) is 0 Å². The van der Waals surface area contributed by atoms with Crippen molar-refractivity contribution in [3.8, 4) is 11.5 Å². The highest BCUT2D eigenvalue weighted by atomic mass is 35.5. The van der Waals surface area contributed by atoms with Crippen molar-refractivity contribution < 1.29 is 4.42 Å². The van der Waals surface area contributed by atoms with E-state index in [4.69, 9.17) is 16.0 Å². The fraction of sp³-hybridized carbons (Fsp3) is 0.222. The van der Waals surface area contributed by atoms with Gasteiger partial charge < -0.3 is 4.42 Å². The molecule has 4 nitrogen and oxygen atoms in total. The van der Waals surface area contributed by atoms with Gasteiger partial charge in [0.1, 0.15) is 0 Å². The van der Waals surface area contributed by atoms with Gasteiger partial charge in [-0.2, -0.15) is 0 Å². The first-order valence-electron chi connectivity index (χ1n) is 4.19. The summed E-state index contributed by atoms with van der Waals surface area (Å²) in [5.74, 6) is 1.55. The van der Waals surface area contributed by atoms with Crippen LogP contribution >= 0.6 is 11.6 Å². The van der Waals surface area contributed by atoms with Gasteiger partial charge in [-0.05, 0) is 12.1 Å². The third kappa shape index (κ3) is 1.90. The summed E-state index contributed by atoms with van der Waals surface area (Å²) in [6.07, 6.45) is 3.96. The Morgan fingerprint density at radius 1 is 1.21 bits per heavy atom. The molecule has 2 aromatic rings. The third-order valence-corrected chi connectivity index (χ3v) is 1.89. The number of aryl methyl sites for hydroxylation is 1. The van der Waals surface area contributed by atoms with Crippen molar-refractivity contribution in [1.82, 2.24) is 15.2 Å². The topological polar surface area (TPSA) is 51.8 Å². The van der Waals surface area contributed by atoms with Crippen molar-refractivity contribution in [2.24, 2.45) is 0 Å². The van der Waals surface area contributed by atoms with E-state index in [1.807, 2.05) is 12.1 Å². The Morgan fingerprint density at radius 2 is 2.00 bits per heavy atom. The molecule has 0 unspecified atom stereocenters. The van der Waals surface area contributed by atoms with Gasteiger partial charge in [-0.3, -0.25) is 4.98 Å². The van der Waals surface area contributed by atoms with Crippen molar-refractivity contribution in [3.05, 3.63) is 30.4 Å². The first kappa shape index (κ1) is 9.15. The Bertz CT molecular complexity index is 401. The highest BCUT2D eigenvalue weighted by Crippen LogP contribution is 2.16. The third-order valence-electron chi connectivity index (χ3n) is 1.70. The molecule has 0 fully saturated rings. The Kier molecular flexibility index (Phi) is 2.74. The van der Waals surface area contributed by atoms with E-state index in [0.29, 0.717) is 24.1 Å². The van der Waals surface area contributed by atoms with Crippen molar-refractivity contribution in [1.29, 1.82) is 0 Å². The van der Waals surface area contributed by atoms with Gasteiger partial charge in [0, 0.05) is 30.3 Å². The molecule has 0 bridgehead atoms. The zero-order chi connectivity index (χ0) is 9.80. The zero-order valence-electron chi connectivity index (χ0n) is 7.35. The van der Waals surface area contributed by atoms with Crippen molar-refractivity contribution >= 4 is 11.6 Å². The zero-order valence-corrected chi connectivity index (χ0v) is 8.11. The van der Waals surface area contributed by atoms with Crippen LogP contribution < -0.4 is 0 Å². The van der Waals surface area contributed by atoms with E-state index < -0.39 is 0 Å². The maximum atomic E-state index is 5.55. The second-order valence-corrected chi connectivity index (χ2v) is 3.05. The number of pyridine rings is 1. The lowest BCUT2D eigenvalue weighted by atomic mass is 10.3. The molecule has 0 aliphatic rings. The summed E-state index contributed by atoms with van der Waals surface area (Å²) in [5, 5.41) is 7.76. The van der Waals surface area contributed by atoms with Crippen molar-refractivity contribution in [3.63, 3.8) is 0 Å². The molecule has 0 aliphatic heterocycles. The van der Waals surface area contributed by atoms with Gasteiger partial charge >= 0.3 is 0 Å². The van der Waals surface area contributed by atoms with Crippen LogP contribution in [0.15, 0.2) is 28.9 Å². The van der Waals surface area contributed by atoms with Gasteiger partial charge in [-0.1, -0.05) is 0 Å². The Balaban J connectivity index is 2.25. The van der Waals surface area contributed by atoms with Crippen LogP contribution in [0, 0.1) is 0 Å². The van der Waals surface area contributed by atoms with Gasteiger partial charge in [0.05, 0.1) is 0 Å². The minimum Gasteiger partial charge on any atom is -0.421 e. The lowest BCUT2D eigenvalue weighted by Gasteiger charge is -1.91. The van der Waals surface area contributed by atoms with E-state index in [1.165, 1.54) is 0 Å². The highest BCUT2D eigenvalue weighted by Gasteiger charge is 2.06. The molecule has 0 spiro atoms. The molecule has 0 saturated heterocycles. The number of aromatic nitrogens is 3. The normalized spacial score (nSPS) is 10.4. The van der Waals surface area contributed by atoms with Crippen LogP contribution in [0.4, 0.5) is 0 Å². The maximum Gasteiger partial charge on any atom is 0.247 e. The molecule has 0 radical (unpaired) electrons. The van der Waals surface area contributed by atoms with Crippen LogP contribution in [0.1, 0.15) is 5.89 Å². The van der Waals surface area contributed by atoms with E-state index in [1.54, 1.807) is 12.4 Å². The Labute approximate surface area is 85.9 Å². The smallest absolute Gasteiger partial charge is 0.247 e. The number of hydrogen-bond donors (Lipinski definition) is 0. The molecule has 72 valence electrons. The standard InChI is InChI=1S/C9H8ClN3O/c10-4-1-8-12-13-9(14-8)7-2-5-11-6-3-7/h2-3,5-6H,1,4H2. The Hall–Kier alpha value is -1.42. The number of alkyl halides is 1. The van der Waals surface area contributed by atoms with E-state index in [-0.39, 0.29) is 0 Å². The molecule has 2 rings (SSSR count). The minimum atomic E-state index is 0.484. The first-order valence-corrected chi connectivity index (χ1v) is 4.72. The van der Waals surface area contributed by atoms with Crippen LogP contribution in [-0.4, -0.2) is 21.1 Å². The number of hydrogen-bond acceptors (Lipinski definition) is 4. The van der Waals surface area contributed by atoms with Gasteiger partial charge in [0.25, 0.3) is 0 Å². The number of rotatable bonds is 3. The molecule has 0 aromatic carbocycles. The van der Waals surface area contributed by atoms with Crippen LogP contribution in [0.2, 0.25) is 0 Å². The highest BCUT2D eigenvalue weighted by molar-refractivity contribution is 6.17. The molecule has 0 aliphatic carbocycles. The first-order chi connectivity index (χ1) is 6.90. The van der Waals surface area contributed by atoms with Gasteiger partial charge in [0.15, 0.2) is 0 Å². The van der Waals surface area contributed by atoms with Crippen molar-refractivity contribution in [2.75, 3.05) is 5.88 Å². The van der Waals surface area contributed by atoms with E-state index >= 15 is 0 Å². The second-order valence-electron chi connectivity index (χ2n) is 2.68. The summed E-state index contributed by atoms with van der Waals surface area (Å²) < 4.78 is 5.38. The number of nitrogens with zero attached hydrogens (tertiary/aromatic N) is 3. The summed E-state index contributed by atoms with van der Waals surface area (Å²) in [6.45, 7) is 0. The predicted octanol–water partition coefficient (Wildman–Crippen LogP) is 1.91. The molecule has 2 aromatic heterocycles. The van der Waals surface area contributed by atoms with E-state index in [0.717, 1.165) is 5.56 Å². The fourth-order valence-electron chi connectivity index (χ4n) is 1.05. The molecule has 5 heteroatoms. The van der Waals surface area contributed by atoms with Crippen LogP contribution in [0.3, 0.4) is 0 Å². The van der Waals surface area contributed by atoms with E-state index in [9.17, 15) is 0 Å². The molecule has 0 saturated carbocycles. The lowest BCUT2D eigenvalue weighted by Crippen LogP contribution is -1.84. The fourth-order valence-corrected chi connectivity index (χ4v) is 1.21. The Morgan fingerprint density at radius 3 is 2.71 bits per heavy atom. The predicted molar refractivity (Wildman–Crippen MR) is 52.0 cm³/mol. The van der Waals surface area contributed by atoms with Gasteiger partial charge in [-0.15, -0.1) is 21.8 Å². The average molecular weight is 210 g/mol. The molecule has 2 heterocycles. The molecule has 0 amide bonds. The molecule has 14 heavy (non-hydrogen) atoms. The van der Waals surface area contributed by atoms with Crippen LogP contribution in [-0.2, 0) is 6.42 Å². The summed E-state index contributed by atoms with van der Waals surface area (Å²) in [7, 11) is 0. The summed E-state index contributed by atoms with van der Waals surface area (Å²) >= 11 is 5.55.